The molecule has 0 amide bonds. The van der Waals surface area contributed by atoms with Crippen LogP contribution in [0, 0.1) is 47.3 Å². The van der Waals surface area contributed by atoms with Crippen molar-refractivity contribution in [1.29, 1.82) is 0 Å². The van der Waals surface area contributed by atoms with Gasteiger partial charge in [0.15, 0.2) is 0 Å². The molecule has 0 aliphatic heterocycles. The predicted octanol–water partition coefficient (Wildman–Crippen LogP) is 7.24. The highest BCUT2D eigenvalue weighted by Gasteiger charge is 2.34. The second-order valence-corrected chi connectivity index (χ2v) is 9.72. The molecule has 0 N–H and O–H groups in total. The van der Waals surface area contributed by atoms with Crippen LogP contribution in [0.5, 0.6) is 0 Å². The largest absolute Gasteiger partial charge is 0.0625 e. The normalized spacial score (nSPS) is 39.7. The Morgan fingerprint density at radius 1 is 0.739 bits per heavy atom. The van der Waals surface area contributed by atoms with Gasteiger partial charge in [-0.1, -0.05) is 40.5 Å². The summed E-state index contributed by atoms with van der Waals surface area (Å²) in [6.45, 7) is 9.91. The molecule has 3 fully saturated rings. The molecule has 0 nitrogen and oxygen atoms in total. The maximum absolute atomic E-state index is 2.50. The van der Waals surface area contributed by atoms with Crippen molar-refractivity contribution in [2.45, 2.75) is 98.3 Å². The van der Waals surface area contributed by atoms with E-state index < -0.39 is 0 Å². The fourth-order valence-electron chi connectivity index (χ4n) is 5.89. The van der Waals surface area contributed by atoms with Crippen LogP contribution in [0.2, 0.25) is 0 Å². The summed E-state index contributed by atoms with van der Waals surface area (Å²) >= 11 is 0. The van der Waals surface area contributed by atoms with Crippen molar-refractivity contribution in [3.63, 3.8) is 0 Å². The van der Waals surface area contributed by atoms with Gasteiger partial charge in [-0.3, -0.25) is 0 Å². The number of rotatable bonds is 3. The highest BCUT2D eigenvalue weighted by atomic mass is 14.4. The fourth-order valence-corrected chi connectivity index (χ4v) is 5.89. The monoisotopic (exact) mass is 316 g/mol. The Labute approximate surface area is 146 Å². The van der Waals surface area contributed by atoms with Crippen LogP contribution >= 0.6 is 0 Å². The summed E-state index contributed by atoms with van der Waals surface area (Å²) in [5.41, 5.74) is 0. The van der Waals surface area contributed by atoms with Gasteiger partial charge in [0, 0.05) is 0 Å². The Hall–Kier alpha value is 0. The lowest BCUT2D eigenvalue weighted by atomic mass is 9.65. The van der Waals surface area contributed by atoms with Gasteiger partial charge in [-0.05, 0) is 105 Å². The minimum absolute atomic E-state index is 0.942. The standard InChI is InChI=1S/C23H40/c1-16-5-9-22(10-6-16)23-11-7-20(8-12-23)15-21-13-17(2)19(4)18(3)14-21/h16-19,21,23H,5-15H2,1-4H3. The maximum Gasteiger partial charge on any atom is -0.0210 e. The van der Waals surface area contributed by atoms with Crippen LogP contribution in [0.1, 0.15) is 98.3 Å². The highest BCUT2D eigenvalue weighted by Crippen LogP contribution is 2.46. The zero-order valence-corrected chi connectivity index (χ0v) is 16.2. The molecule has 0 heteroatoms. The van der Waals surface area contributed by atoms with Crippen LogP contribution in [0.25, 0.3) is 0 Å². The summed E-state index contributed by atoms with van der Waals surface area (Å²) in [4.78, 5) is 0. The molecule has 3 aliphatic carbocycles. The first-order valence-electron chi connectivity index (χ1n) is 10.7. The van der Waals surface area contributed by atoms with Crippen molar-refractivity contribution in [1.82, 2.24) is 0 Å². The first kappa shape index (κ1) is 17.8. The summed E-state index contributed by atoms with van der Waals surface area (Å²) in [6.07, 6.45) is 16.2. The lowest BCUT2D eigenvalue weighted by molar-refractivity contribution is 0.134. The Bertz CT molecular complexity index is 331. The molecule has 0 saturated heterocycles. The highest BCUT2D eigenvalue weighted by molar-refractivity contribution is 5.06. The van der Waals surface area contributed by atoms with Gasteiger partial charge in [-0.15, -0.1) is 0 Å². The zero-order chi connectivity index (χ0) is 16.4. The molecular formula is C23H40. The van der Waals surface area contributed by atoms with Crippen molar-refractivity contribution >= 4 is 0 Å². The van der Waals surface area contributed by atoms with Gasteiger partial charge >= 0.3 is 0 Å². The molecule has 2 atom stereocenters. The van der Waals surface area contributed by atoms with Crippen molar-refractivity contribution in [3.05, 3.63) is 11.8 Å². The lowest BCUT2D eigenvalue weighted by Crippen LogP contribution is -2.29. The van der Waals surface area contributed by atoms with Crippen LogP contribution in [-0.2, 0) is 0 Å². The second kappa shape index (κ2) is 7.92. The van der Waals surface area contributed by atoms with Gasteiger partial charge in [0.1, 0.15) is 0 Å². The third-order valence-corrected chi connectivity index (χ3v) is 7.97. The molecule has 0 aromatic heterocycles. The smallest absolute Gasteiger partial charge is 0.0210 e. The van der Waals surface area contributed by atoms with Crippen molar-refractivity contribution < 1.29 is 0 Å². The summed E-state index contributed by atoms with van der Waals surface area (Å²) in [6, 6.07) is 0. The Morgan fingerprint density at radius 2 is 1.30 bits per heavy atom. The Balaban J connectivity index is 1.41. The zero-order valence-electron chi connectivity index (χ0n) is 16.2. The van der Waals surface area contributed by atoms with E-state index in [-0.39, 0.29) is 0 Å². The van der Waals surface area contributed by atoms with Crippen molar-refractivity contribution in [2.24, 2.45) is 35.5 Å². The molecule has 23 heavy (non-hydrogen) atoms. The van der Waals surface area contributed by atoms with Crippen LogP contribution in [0.3, 0.4) is 0 Å². The molecule has 132 valence electrons. The van der Waals surface area contributed by atoms with Crippen LogP contribution in [0.15, 0.2) is 0 Å². The van der Waals surface area contributed by atoms with Gasteiger partial charge < -0.3 is 0 Å². The van der Waals surface area contributed by atoms with Crippen LogP contribution in [0.4, 0.5) is 0 Å². The predicted molar refractivity (Wildman–Crippen MR) is 101 cm³/mol. The molecule has 0 aromatic rings. The van der Waals surface area contributed by atoms with Gasteiger partial charge in [0.2, 0.25) is 0 Å². The van der Waals surface area contributed by atoms with E-state index in [1.165, 1.54) is 70.6 Å². The molecule has 0 spiro atoms. The SMILES string of the molecule is CC1CC[C](C2CC[C](CC3CC(C)C(C)C(C)C3)CC2)CC1. The average molecular weight is 317 g/mol. The number of hydrogen-bond acceptors (Lipinski definition) is 0. The van der Waals surface area contributed by atoms with E-state index in [4.69, 9.17) is 0 Å². The van der Waals surface area contributed by atoms with E-state index in [0.29, 0.717) is 0 Å². The Morgan fingerprint density at radius 3 is 1.87 bits per heavy atom. The summed E-state index contributed by atoms with van der Waals surface area (Å²) in [5.74, 6) is 9.71. The summed E-state index contributed by atoms with van der Waals surface area (Å²) in [7, 11) is 0. The van der Waals surface area contributed by atoms with Gasteiger partial charge in [0.05, 0.1) is 0 Å². The molecule has 2 radical (unpaired) electrons. The third-order valence-electron chi connectivity index (χ3n) is 7.97. The minimum atomic E-state index is 0.942. The molecular weight excluding hydrogens is 276 g/mol. The Kier molecular flexibility index (Phi) is 6.13. The quantitative estimate of drug-likeness (QED) is 0.514. The van der Waals surface area contributed by atoms with E-state index in [2.05, 4.69) is 27.7 Å². The van der Waals surface area contributed by atoms with Crippen LogP contribution < -0.4 is 0 Å². The summed E-state index contributed by atoms with van der Waals surface area (Å²) in [5, 5.41) is 0. The van der Waals surface area contributed by atoms with Gasteiger partial charge in [0.25, 0.3) is 0 Å². The van der Waals surface area contributed by atoms with E-state index in [1.807, 2.05) is 11.8 Å². The molecule has 3 saturated carbocycles. The molecule has 3 rings (SSSR count). The first-order valence-corrected chi connectivity index (χ1v) is 10.7. The first-order chi connectivity index (χ1) is 11.0. The minimum Gasteiger partial charge on any atom is -0.0625 e. The topological polar surface area (TPSA) is 0 Å². The van der Waals surface area contributed by atoms with Crippen molar-refractivity contribution in [3.8, 4) is 0 Å². The average Bonchev–Trinajstić information content (AvgIpc) is 2.54. The van der Waals surface area contributed by atoms with E-state index >= 15 is 0 Å². The van der Waals surface area contributed by atoms with Crippen LogP contribution in [-0.4, -0.2) is 0 Å². The molecule has 2 unspecified atom stereocenters. The summed E-state index contributed by atoms with van der Waals surface area (Å²) < 4.78 is 0. The van der Waals surface area contributed by atoms with Gasteiger partial charge in [-0.2, -0.15) is 0 Å². The van der Waals surface area contributed by atoms with E-state index in [9.17, 15) is 0 Å². The molecule has 0 heterocycles. The molecule has 0 bridgehead atoms. The maximum atomic E-state index is 2.50. The number of hydrogen-bond donors (Lipinski definition) is 0. The second-order valence-electron chi connectivity index (χ2n) is 9.72. The van der Waals surface area contributed by atoms with Crippen molar-refractivity contribution in [2.75, 3.05) is 0 Å². The van der Waals surface area contributed by atoms with E-state index in [0.717, 1.165) is 35.5 Å². The lowest BCUT2D eigenvalue weighted by Gasteiger charge is -2.41. The third kappa shape index (κ3) is 4.55. The fraction of sp³-hybridized carbons (Fsp3) is 0.913. The molecule has 0 aromatic carbocycles. The molecule has 3 aliphatic rings. The van der Waals surface area contributed by atoms with Gasteiger partial charge in [-0.25, -0.2) is 0 Å². The van der Waals surface area contributed by atoms with E-state index in [1.54, 1.807) is 0 Å².